The average molecular weight is 304 g/mol. The molecule has 1 rings (SSSR count). The van der Waals surface area contributed by atoms with E-state index in [0.717, 1.165) is 12.8 Å². The van der Waals surface area contributed by atoms with Crippen LogP contribution in [0.2, 0.25) is 0 Å². The summed E-state index contributed by atoms with van der Waals surface area (Å²) < 4.78 is 22.2. The number of rotatable bonds is 8. The van der Waals surface area contributed by atoms with Crippen LogP contribution in [0.4, 0.5) is 0 Å². The van der Waals surface area contributed by atoms with Crippen LogP contribution in [0.1, 0.15) is 46.0 Å². The molecule has 0 radical (unpaired) electrons. The maximum atomic E-state index is 12.1. The van der Waals surface area contributed by atoms with Gasteiger partial charge >= 0.3 is 7.60 Å². The van der Waals surface area contributed by atoms with Crippen LogP contribution in [0.3, 0.4) is 0 Å². The largest absolute Gasteiger partial charge is 0.340 e. The summed E-state index contributed by atoms with van der Waals surface area (Å²) in [6.07, 6.45) is 7.44. The first-order valence-corrected chi connectivity index (χ1v) is 9.02. The van der Waals surface area contributed by atoms with Crippen LogP contribution in [-0.2, 0) is 18.4 Å². The summed E-state index contributed by atoms with van der Waals surface area (Å²) in [4.78, 5) is 11.7. The highest BCUT2D eigenvalue weighted by Gasteiger charge is 2.27. The topological polar surface area (TPSA) is 77.0 Å². The van der Waals surface area contributed by atoms with E-state index in [9.17, 15) is 9.36 Å². The third-order valence-corrected chi connectivity index (χ3v) is 5.09. The van der Waals surface area contributed by atoms with E-state index in [0.29, 0.717) is 5.92 Å². The predicted octanol–water partition coefficient (Wildman–Crippen LogP) is 2.93. The molecule has 0 atom stereocenters. The van der Waals surface area contributed by atoms with E-state index in [1.165, 1.54) is 19.3 Å². The third kappa shape index (κ3) is 6.64. The van der Waals surface area contributed by atoms with Crippen molar-refractivity contribution in [2.24, 2.45) is 11.0 Å². The van der Waals surface area contributed by atoms with Crippen molar-refractivity contribution in [1.29, 1.82) is 0 Å². The molecule has 0 aromatic rings. The molecule has 0 aliphatic heterocycles. The van der Waals surface area contributed by atoms with Gasteiger partial charge in [-0.25, -0.2) is 5.43 Å². The van der Waals surface area contributed by atoms with Crippen LogP contribution in [0.5, 0.6) is 0 Å². The molecule has 7 heteroatoms. The Kier molecular flexibility index (Phi) is 8.04. The molecule has 1 fully saturated rings. The summed E-state index contributed by atoms with van der Waals surface area (Å²) in [5.41, 5.74) is 2.40. The molecule has 20 heavy (non-hydrogen) atoms. The standard InChI is InChI=1S/C13H25N2O4P/c1-3-18-20(17,19-4-2)11-13(16)15-14-10-12-8-6-5-7-9-12/h10,12H,3-9,11H2,1-2H3,(H,15,16)/b14-10-. The normalized spacial score (nSPS) is 17.5. The number of hydrogen-bond donors (Lipinski definition) is 1. The number of carbonyl (C=O) groups is 1. The van der Waals surface area contributed by atoms with Crippen LogP contribution in [0, 0.1) is 5.92 Å². The maximum Gasteiger partial charge on any atom is 0.340 e. The molecular formula is C13H25N2O4P. The molecule has 0 aromatic carbocycles. The van der Waals surface area contributed by atoms with E-state index in [1.807, 2.05) is 0 Å². The Morgan fingerprint density at radius 3 is 2.40 bits per heavy atom. The van der Waals surface area contributed by atoms with Gasteiger partial charge in [0.25, 0.3) is 5.91 Å². The zero-order valence-electron chi connectivity index (χ0n) is 12.3. The summed E-state index contributed by atoms with van der Waals surface area (Å²) in [5.74, 6) is -0.00284. The van der Waals surface area contributed by atoms with E-state index in [1.54, 1.807) is 20.1 Å². The monoisotopic (exact) mass is 304 g/mol. The van der Waals surface area contributed by atoms with Crippen molar-refractivity contribution in [3.8, 4) is 0 Å². The summed E-state index contributed by atoms with van der Waals surface area (Å²) in [7, 11) is -3.33. The second kappa shape index (κ2) is 9.27. The molecule has 0 aromatic heterocycles. The molecule has 6 nitrogen and oxygen atoms in total. The molecule has 1 aliphatic rings. The lowest BCUT2D eigenvalue weighted by Gasteiger charge is -2.17. The van der Waals surface area contributed by atoms with Crippen LogP contribution >= 0.6 is 7.60 Å². The Hall–Kier alpha value is -0.710. The minimum Gasteiger partial charge on any atom is -0.309 e. The van der Waals surface area contributed by atoms with Gasteiger partial charge in [-0.2, -0.15) is 5.10 Å². The highest BCUT2D eigenvalue weighted by Crippen LogP contribution is 2.47. The Morgan fingerprint density at radius 1 is 1.25 bits per heavy atom. The Balaban J connectivity index is 2.37. The highest BCUT2D eigenvalue weighted by molar-refractivity contribution is 7.54. The molecule has 1 amide bonds. The van der Waals surface area contributed by atoms with E-state index in [4.69, 9.17) is 9.05 Å². The number of hydrazone groups is 1. The second-order valence-electron chi connectivity index (χ2n) is 4.82. The zero-order valence-corrected chi connectivity index (χ0v) is 13.2. The average Bonchev–Trinajstić information content (AvgIpc) is 2.40. The summed E-state index contributed by atoms with van der Waals surface area (Å²) in [5, 5.41) is 3.94. The number of nitrogens with one attached hydrogen (secondary N) is 1. The van der Waals surface area contributed by atoms with E-state index < -0.39 is 13.5 Å². The molecule has 0 bridgehead atoms. The quantitative estimate of drug-likeness (QED) is 0.425. The lowest BCUT2D eigenvalue weighted by atomic mass is 9.90. The summed E-state index contributed by atoms with van der Waals surface area (Å²) in [6.45, 7) is 3.92. The third-order valence-electron chi connectivity index (χ3n) is 3.11. The van der Waals surface area contributed by atoms with E-state index in [-0.39, 0.29) is 19.4 Å². The van der Waals surface area contributed by atoms with Gasteiger partial charge in [-0.05, 0) is 32.6 Å². The van der Waals surface area contributed by atoms with Gasteiger partial charge in [-0.3, -0.25) is 9.36 Å². The lowest BCUT2D eigenvalue weighted by molar-refractivity contribution is -0.118. The molecule has 0 heterocycles. The minimum atomic E-state index is -3.33. The van der Waals surface area contributed by atoms with Crippen molar-refractivity contribution in [3.63, 3.8) is 0 Å². The van der Waals surface area contributed by atoms with Gasteiger partial charge in [0.15, 0.2) is 0 Å². The predicted molar refractivity (Wildman–Crippen MR) is 78.9 cm³/mol. The van der Waals surface area contributed by atoms with Gasteiger partial charge in [0, 0.05) is 6.21 Å². The van der Waals surface area contributed by atoms with Gasteiger partial charge in [0.2, 0.25) is 0 Å². The van der Waals surface area contributed by atoms with Crippen molar-refractivity contribution < 1.29 is 18.4 Å². The number of carbonyl (C=O) groups excluding carboxylic acids is 1. The second-order valence-corrected chi connectivity index (χ2v) is 6.87. The number of hydrogen-bond acceptors (Lipinski definition) is 5. The molecule has 0 saturated heterocycles. The van der Waals surface area contributed by atoms with Crippen LogP contribution in [0.25, 0.3) is 0 Å². The van der Waals surface area contributed by atoms with Gasteiger partial charge in [-0.15, -0.1) is 0 Å². The van der Waals surface area contributed by atoms with Crippen LogP contribution < -0.4 is 5.43 Å². The summed E-state index contributed by atoms with van der Waals surface area (Å²) >= 11 is 0. The zero-order chi connectivity index (χ0) is 14.8. The Morgan fingerprint density at radius 2 is 1.85 bits per heavy atom. The van der Waals surface area contributed by atoms with E-state index in [2.05, 4.69) is 10.5 Å². The highest BCUT2D eigenvalue weighted by atomic mass is 31.2. The molecule has 1 N–H and O–H groups in total. The van der Waals surface area contributed by atoms with Crippen molar-refractivity contribution >= 4 is 19.7 Å². The fourth-order valence-electron chi connectivity index (χ4n) is 2.23. The molecule has 116 valence electrons. The van der Waals surface area contributed by atoms with E-state index >= 15 is 0 Å². The van der Waals surface area contributed by atoms with Crippen LogP contribution in [0.15, 0.2) is 5.10 Å². The molecule has 1 saturated carbocycles. The summed E-state index contributed by atoms with van der Waals surface area (Å²) in [6, 6.07) is 0. The minimum absolute atomic E-state index is 0.246. The number of nitrogens with zero attached hydrogens (tertiary/aromatic N) is 1. The van der Waals surface area contributed by atoms with Gasteiger partial charge in [0.05, 0.1) is 13.2 Å². The lowest BCUT2D eigenvalue weighted by Crippen LogP contribution is -2.23. The molecular weight excluding hydrogens is 279 g/mol. The van der Waals surface area contributed by atoms with Gasteiger partial charge < -0.3 is 9.05 Å². The SMILES string of the molecule is CCOP(=O)(CC(=O)N/N=C\C1CCCCC1)OCC. The van der Waals surface area contributed by atoms with Gasteiger partial charge in [0.1, 0.15) is 6.16 Å². The van der Waals surface area contributed by atoms with Crippen molar-refractivity contribution in [1.82, 2.24) is 5.43 Å². The fraction of sp³-hybridized carbons (Fsp3) is 0.846. The number of amides is 1. The molecule has 0 spiro atoms. The van der Waals surface area contributed by atoms with Crippen molar-refractivity contribution in [2.45, 2.75) is 46.0 Å². The maximum absolute atomic E-state index is 12.1. The Bertz CT molecular complexity index is 357. The first-order valence-electron chi connectivity index (χ1n) is 7.29. The first kappa shape index (κ1) is 17.3. The van der Waals surface area contributed by atoms with Crippen molar-refractivity contribution in [2.75, 3.05) is 19.4 Å². The molecule has 0 unspecified atom stereocenters. The Labute approximate surface area is 120 Å². The van der Waals surface area contributed by atoms with Gasteiger partial charge in [-0.1, -0.05) is 19.3 Å². The molecule has 1 aliphatic carbocycles. The smallest absolute Gasteiger partial charge is 0.309 e. The van der Waals surface area contributed by atoms with Crippen LogP contribution in [-0.4, -0.2) is 31.5 Å². The first-order chi connectivity index (χ1) is 9.59. The fourth-order valence-corrected chi connectivity index (χ4v) is 3.70. The van der Waals surface area contributed by atoms with Crippen molar-refractivity contribution in [3.05, 3.63) is 0 Å².